The third-order valence-corrected chi connectivity index (χ3v) is 4.44. The van der Waals surface area contributed by atoms with Gasteiger partial charge in [-0.2, -0.15) is 0 Å². The molecule has 0 heterocycles. The van der Waals surface area contributed by atoms with E-state index in [4.69, 9.17) is 0 Å². The zero-order valence-electron chi connectivity index (χ0n) is 14.5. The lowest BCUT2D eigenvalue weighted by Gasteiger charge is -2.17. The number of anilines is 1. The molecule has 3 aromatic carbocycles. The van der Waals surface area contributed by atoms with Crippen LogP contribution in [0.4, 0.5) is 5.69 Å². The summed E-state index contributed by atoms with van der Waals surface area (Å²) >= 11 is 0. The van der Waals surface area contributed by atoms with E-state index in [9.17, 15) is 4.79 Å². The second-order valence-corrected chi connectivity index (χ2v) is 6.18. The third kappa shape index (κ3) is 4.36. The van der Waals surface area contributed by atoms with Crippen LogP contribution < -0.4 is 5.32 Å². The van der Waals surface area contributed by atoms with Crippen molar-refractivity contribution >= 4 is 11.6 Å². The highest BCUT2D eigenvalue weighted by molar-refractivity contribution is 5.96. The van der Waals surface area contributed by atoms with Crippen molar-refractivity contribution < 1.29 is 4.79 Å². The van der Waals surface area contributed by atoms with E-state index in [0.717, 1.165) is 29.7 Å². The van der Waals surface area contributed by atoms with Gasteiger partial charge >= 0.3 is 0 Å². The summed E-state index contributed by atoms with van der Waals surface area (Å²) in [6.45, 7) is 2.05. The molecule has 0 bridgehead atoms. The highest BCUT2D eigenvalue weighted by Gasteiger charge is 2.19. The van der Waals surface area contributed by atoms with Gasteiger partial charge in [0.2, 0.25) is 5.91 Å². The Hall–Kier alpha value is -2.87. The van der Waals surface area contributed by atoms with Crippen molar-refractivity contribution in [1.29, 1.82) is 0 Å². The minimum absolute atomic E-state index is 0.0502. The highest BCUT2D eigenvalue weighted by atomic mass is 16.1. The smallest absolute Gasteiger partial charge is 0.231 e. The number of carbonyl (C=O) groups is 1. The topological polar surface area (TPSA) is 29.1 Å². The fourth-order valence-electron chi connectivity index (χ4n) is 3.09. The normalized spacial score (nSPS) is 11.7. The number of rotatable bonds is 6. The van der Waals surface area contributed by atoms with Crippen LogP contribution in [0, 0.1) is 0 Å². The molecule has 0 aliphatic carbocycles. The Kier molecular flexibility index (Phi) is 5.63. The van der Waals surface area contributed by atoms with Crippen LogP contribution in [0.15, 0.2) is 84.9 Å². The lowest BCUT2D eigenvalue weighted by Crippen LogP contribution is -2.21. The molecular formula is C23H23NO. The van der Waals surface area contributed by atoms with E-state index in [1.54, 1.807) is 0 Å². The molecule has 0 saturated carbocycles. The highest BCUT2D eigenvalue weighted by Crippen LogP contribution is 2.24. The molecule has 2 heteroatoms. The van der Waals surface area contributed by atoms with E-state index in [0.29, 0.717) is 0 Å². The molecule has 0 aliphatic heterocycles. The molecule has 0 fully saturated rings. The van der Waals surface area contributed by atoms with Gasteiger partial charge in [-0.05, 0) is 35.6 Å². The van der Waals surface area contributed by atoms with E-state index < -0.39 is 0 Å². The Morgan fingerprint density at radius 2 is 1.44 bits per heavy atom. The number of benzene rings is 3. The first-order chi connectivity index (χ1) is 12.3. The van der Waals surface area contributed by atoms with E-state index in [1.807, 2.05) is 73.7 Å². The number of para-hydroxylation sites is 1. The quantitative estimate of drug-likeness (QED) is 0.643. The Bertz CT molecular complexity index is 812. The maximum Gasteiger partial charge on any atom is 0.231 e. The zero-order valence-corrected chi connectivity index (χ0v) is 14.5. The van der Waals surface area contributed by atoms with E-state index in [-0.39, 0.29) is 11.8 Å². The first-order valence-corrected chi connectivity index (χ1v) is 8.75. The van der Waals surface area contributed by atoms with Crippen LogP contribution in [-0.2, 0) is 11.2 Å². The van der Waals surface area contributed by atoms with Gasteiger partial charge in [0.1, 0.15) is 0 Å². The first-order valence-electron chi connectivity index (χ1n) is 8.75. The summed E-state index contributed by atoms with van der Waals surface area (Å²) in [6, 6.07) is 28.3. The van der Waals surface area contributed by atoms with Crippen molar-refractivity contribution in [2.45, 2.75) is 25.7 Å². The van der Waals surface area contributed by atoms with Gasteiger partial charge in [0.15, 0.2) is 0 Å². The molecule has 0 unspecified atom stereocenters. The van der Waals surface area contributed by atoms with E-state index >= 15 is 0 Å². The van der Waals surface area contributed by atoms with Crippen molar-refractivity contribution in [2.24, 2.45) is 0 Å². The number of hydrogen-bond donors (Lipinski definition) is 1. The van der Waals surface area contributed by atoms with Crippen LogP contribution in [0.3, 0.4) is 0 Å². The number of carbonyl (C=O) groups excluding carboxylic acids is 1. The average molecular weight is 329 g/mol. The molecule has 1 atom stereocenters. The minimum atomic E-state index is -0.133. The first kappa shape index (κ1) is 17.0. The van der Waals surface area contributed by atoms with Gasteiger partial charge in [0.05, 0.1) is 5.92 Å². The molecule has 0 spiro atoms. The van der Waals surface area contributed by atoms with Gasteiger partial charge < -0.3 is 5.32 Å². The van der Waals surface area contributed by atoms with Crippen molar-refractivity contribution in [1.82, 2.24) is 0 Å². The molecule has 0 aromatic heterocycles. The lowest BCUT2D eigenvalue weighted by atomic mass is 9.95. The van der Waals surface area contributed by atoms with Gasteiger partial charge in [-0.15, -0.1) is 0 Å². The predicted octanol–water partition coefficient (Wildman–Crippen LogP) is 5.41. The van der Waals surface area contributed by atoms with E-state index in [1.165, 1.54) is 5.56 Å². The van der Waals surface area contributed by atoms with Gasteiger partial charge in [0, 0.05) is 5.69 Å². The van der Waals surface area contributed by atoms with Crippen LogP contribution in [0.5, 0.6) is 0 Å². The van der Waals surface area contributed by atoms with Crippen LogP contribution in [0.2, 0.25) is 0 Å². The maximum absolute atomic E-state index is 12.8. The summed E-state index contributed by atoms with van der Waals surface area (Å²) in [5, 5.41) is 3.14. The van der Waals surface area contributed by atoms with Crippen LogP contribution in [0.1, 0.15) is 36.0 Å². The Labute approximate surface area is 149 Å². The SMILES string of the molecule is CC[C@H](C(=O)Nc1ccccc1Cc1ccccc1)c1ccccc1. The molecule has 1 N–H and O–H groups in total. The fourth-order valence-corrected chi connectivity index (χ4v) is 3.09. The fraction of sp³-hybridized carbons (Fsp3) is 0.174. The molecule has 0 radical (unpaired) electrons. The van der Waals surface area contributed by atoms with Crippen molar-refractivity contribution in [3.05, 3.63) is 102 Å². The van der Waals surface area contributed by atoms with E-state index in [2.05, 4.69) is 23.5 Å². The van der Waals surface area contributed by atoms with Gasteiger partial charge in [-0.25, -0.2) is 0 Å². The van der Waals surface area contributed by atoms with Crippen LogP contribution >= 0.6 is 0 Å². The summed E-state index contributed by atoms with van der Waals surface area (Å²) in [6.07, 6.45) is 1.58. The van der Waals surface area contributed by atoms with Crippen molar-refractivity contribution in [3.8, 4) is 0 Å². The average Bonchev–Trinajstić information content (AvgIpc) is 2.66. The number of amides is 1. The molecule has 3 aromatic rings. The largest absolute Gasteiger partial charge is 0.325 e. The molecular weight excluding hydrogens is 306 g/mol. The zero-order chi connectivity index (χ0) is 17.5. The Morgan fingerprint density at radius 3 is 2.12 bits per heavy atom. The molecule has 0 saturated heterocycles. The standard InChI is InChI=1S/C23H23NO/c1-2-21(19-13-7-4-8-14-19)23(25)24-22-16-10-9-15-20(22)17-18-11-5-3-6-12-18/h3-16,21H,2,17H2,1H3,(H,24,25)/t21-/m0/s1. The summed E-state index contributed by atoms with van der Waals surface area (Å²) in [5.41, 5.74) is 4.32. The Balaban J connectivity index is 1.79. The summed E-state index contributed by atoms with van der Waals surface area (Å²) in [5.74, 6) is -0.0832. The van der Waals surface area contributed by atoms with Crippen molar-refractivity contribution in [2.75, 3.05) is 5.32 Å². The molecule has 3 rings (SSSR count). The minimum Gasteiger partial charge on any atom is -0.325 e. The van der Waals surface area contributed by atoms with Gasteiger partial charge in [-0.1, -0.05) is 85.8 Å². The number of nitrogens with one attached hydrogen (secondary N) is 1. The third-order valence-electron chi connectivity index (χ3n) is 4.44. The van der Waals surface area contributed by atoms with Crippen molar-refractivity contribution in [3.63, 3.8) is 0 Å². The summed E-state index contributed by atoms with van der Waals surface area (Å²) in [7, 11) is 0. The monoisotopic (exact) mass is 329 g/mol. The predicted molar refractivity (Wildman–Crippen MR) is 104 cm³/mol. The molecule has 2 nitrogen and oxygen atoms in total. The van der Waals surface area contributed by atoms with Crippen LogP contribution in [0.25, 0.3) is 0 Å². The molecule has 1 amide bonds. The second kappa shape index (κ2) is 8.29. The summed E-state index contributed by atoms with van der Waals surface area (Å²) < 4.78 is 0. The van der Waals surface area contributed by atoms with Gasteiger partial charge in [-0.3, -0.25) is 4.79 Å². The van der Waals surface area contributed by atoms with Gasteiger partial charge in [0.25, 0.3) is 0 Å². The molecule has 0 aliphatic rings. The summed E-state index contributed by atoms with van der Waals surface area (Å²) in [4.78, 5) is 12.8. The lowest BCUT2D eigenvalue weighted by molar-refractivity contribution is -0.117. The molecule has 25 heavy (non-hydrogen) atoms. The maximum atomic E-state index is 12.8. The molecule has 126 valence electrons. The Morgan fingerprint density at radius 1 is 0.840 bits per heavy atom. The number of hydrogen-bond acceptors (Lipinski definition) is 1. The van der Waals surface area contributed by atoms with Crippen LogP contribution in [-0.4, -0.2) is 5.91 Å². The second-order valence-electron chi connectivity index (χ2n) is 6.18.